The molecule has 188 valence electrons. The second-order valence-electron chi connectivity index (χ2n) is 8.92. The molecule has 1 saturated heterocycles. The summed E-state index contributed by atoms with van der Waals surface area (Å²) in [5.41, 5.74) is 2.20. The van der Waals surface area contributed by atoms with Gasteiger partial charge in [-0.15, -0.1) is 0 Å². The lowest BCUT2D eigenvalue weighted by molar-refractivity contribution is -0.115. The molecule has 0 aromatic carbocycles. The van der Waals surface area contributed by atoms with Gasteiger partial charge in [-0.05, 0) is 31.3 Å². The Bertz CT molecular complexity index is 1180. The number of pyridine rings is 1. The van der Waals surface area contributed by atoms with Crippen molar-refractivity contribution in [1.29, 1.82) is 0 Å². The van der Waals surface area contributed by atoms with E-state index in [0.29, 0.717) is 46.6 Å². The number of nitrogens with zero attached hydrogens (tertiary/aromatic N) is 4. The first-order valence-electron chi connectivity index (χ1n) is 12.1. The molecule has 0 bridgehead atoms. The van der Waals surface area contributed by atoms with Gasteiger partial charge in [-0.1, -0.05) is 43.7 Å². The highest BCUT2D eigenvalue weighted by atomic mass is 35.5. The number of anilines is 1. The fourth-order valence-corrected chi connectivity index (χ4v) is 5.97. The number of carboxylic acid groups (broad SMARTS) is 1. The van der Waals surface area contributed by atoms with Crippen molar-refractivity contribution in [2.75, 3.05) is 18.0 Å². The number of piperidine rings is 1. The summed E-state index contributed by atoms with van der Waals surface area (Å²) in [6.45, 7) is 7.64. The fourth-order valence-electron chi connectivity index (χ4n) is 4.59. The number of aliphatic imine (C=N–C) groups is 1. The predicted molar refractivity (Wildman–Crippen MR) is 140 cm³/mol. The number of carbonyl (C=O) groups excluding carboxylic acids is 1. The van der Waals surface area contributed by atoms with Crippen LogP contribution in [-0.4, -0.2) is 63.9 Å². The molecule has 3 N–H and O–H groups in total. The number of carbonyl (C=O) groups is 2. The van der Waals surface area contributed by atoms with E-state index in [2.05, 4.69) is 44.3 Å². The first kappa shape index (κ1) is 25.5. The van der Waals surface area contributed by atoms with Crippen molar-refractivity contribution in [3.05, 3.63) is 28.7 Å². The highest BCUT2D eigenvalue weighted by Crippen LogP contribution is 2.33. The van der Waals surface area contributed by atoms with Crippen LogP contribution < -0.4 is 15.5 Å². The normalized spacial score (nSPS) is 20.6. The van der Waals surface area contributed by atoms with Crippen LogP contribution in [0.4, 0.5) is 5.13 Å². The molecular formula is C24H31ClN6O3S. The second kappa shape index (κ2) is 11.0. The Kier molecular flexibility index (Phi) is 8.03. The number of aromatic carboxylic acids is 1. The zero-order chi connectivity index (χ0) is 25.1. The number of carboxylic acids is 1. The molecule has 0 aliphatic carbocycles. The van der Waals surface area contributed by atoms with Gasteiger partial charge in [0.1, 0.15) is 16.4 Å². The van der Waals surface area contributed by atoms with Crippen LogP contribution in [0.1, 0.15) is 63.2 Å². The van der Waals surface area contributed by atoms with E-state index in [1.165, 1.54) is 17.5 Å². The van der Waals surface area contributed by atoms with E-state index in [9.17, 15) is 14.7 Å². The summed E-state index contributed by atoms with van der Waals surface area (Å²) in [5.74, 6) is -1.18. The standard InChI is InChI=1S/C24H31ClN6O3S/c1-4-13-9-17(28-21(13)25)22(32)29-16-7-8-31(12-19(16)27-14(5-2)6-3)24-30-18-11-26-10-15(23(33)34)20(18)35-24/h10-11,14,16,19,27H,4-9,12H2,1-3H3,(H,29,32)(H,33,34)/t16-,19+/m1/s1. The van der Waals surface area contributed by atoms with Crippen LogP contribution in [0, 0.1) is 0 Å². The molecule has 0 spiro atoms. The van der Waals surface area contributed by atoms with Gasteiger partial charge in [0, 0.05) is 43.8 Å². The maximum Gasteiger partial charge on any atom is 0.338 e. The van der Waals surface area contributed by atoms with Gasteiger partial charge < -0.3 is 20.6 Å². The van der Waals surface area contributed by atoms with Gasteiger partial charge in [-0.2, -0.15) is 0 Å². The molecule has 11 heteroatoms. The smallest absolute Gasteiger partial charge is 0.338 e. The molecule has 0 saturated carbocycles. The van der Waals surface area contributed by atoms with Crippen molar-refractivity contribution in [2.24, 2.45) is 4.99 Å². The lowest BCUT2D eigenvalue weighted by Crippen LogP contribution is -2.61. The minimum absolute atomic E-state index is 0.00207. The zero-order valence-corrected chi connectivity index (χ0v) is 21.7. The Hall–Kier alpha value is -2.56. The Labute approximate surface area is 213 Å². The number of nitrogens with one attached hydrogen (secondary N) is 2. The van der Waals surface area contributed by atoms with Crippen molar-refractivity contribution in [3.8, 4) is 0 Å². The van der Waals surface area contributed by atoms with E-state index < -0.39 is 5.97 Å². The number of amides is 1. The minimum atomic E-state index is -1.01. The summed E-state index contributed by atoms with van der Waals surface area (Å²) in [6, 6.07) is 0.249. The van der Waals surface area contributed by atoms with Crippen LogP contribution in [0.15, 0.2) is 28.1 Å². The van der Waals surface area contributed by atoms with Gasteiger partial charge in [-0.25, -0.2) is 14.8 Å². The molecule has 1 amide bonds. The van der Waals surface area contributed by atoms with E-state index in [1.807, 2.05) is 6.92 Å². The minimum Gasteiger partial charge on any atom is -0.478 e. The van der Waals surface area contributed by atoms with Crippen LogP contribution >= 0.6 is 22.9 Å². The SMILES string of the molecule is CCC1=C(Cl)N=C(C(=O)N[C@@H]2CCN(c3nc4cncc(C(=O)O)c4s3)C[C@@H]2NC(CC)CC)C1. The van der Waals surface area contributed by atoms with E-state index in [0.717, 1.165) is 36.4 Å². The molecule has 2 aliphatic heterocycles. The van der Waals surface area contributed by atoms with Crippen molar-refractivity contribution >= 4 is 55.9 Å². The van der Waals surface area contributed by atoms with E-state index in [1.54, 1.807) is 6.20 Å². The Balaban J connectivity index is 1.52. The molecule has 2 atom stereocenters. The maximum atomic E-state index is 13.0. The van der Waals surface area contributed by atoms with Crippen molar-refractivity contribution < 1.29 is 14.7 Å². The molecule has 4 heterocycles. The fraction of sp³-hybridized carbons (Fsp3) is 0.542. The Morgan fingerprint density at radius 3 is 2.69 bits per heavy atom. The average molecular weight is 519 g/mol. The summed E-state index contributed by atoms with van der Waals surface area (Å²) < 4.78 is 0.623. The number of thiazole rings is 1. The second-order valence-corrected chi connectivity index (χ2v) is 10.3. The Morgan fingerprint density at radius 1 is 1.26 bits per heavy atom. The predicted octanol–water partition coefficient (Wildman–Crippen LogP) is 3.94. The van der Waals surface area contributed by atoms with Crippen molar-refractivity contribution in [2.45, 2.75) is 71.0 Å². The van der Waals surface area contributed by atoms with Crippen LogP contribution in [0.3, 0.4) is 0 Å². The lowest BCUT2D eigenvalue weighted by Gasteiger charge is -2.40. The first-order chi connectivity index (χ1) is 16.8. The quantitative estimate of drug-likeness (QED) is 0.430. The molecule has 1 fully saturated rings. The molecule has 4 rings (SSSR count). The van der Waals surface area contributed by atoms with E-state index in [4.69, 9.17) is 11.6 Å². The molecule has 2 aromatic rings. The summed E-state index contributed by atoms with van der Waals surface area (Å²) >= 11 is 7.56. The van der Waals surface area contributed by atoms with Gasteiger partial charge in [0.25, 0.3) is 5.91 Å². The largest absolute Gasteiger partial charge is 0.478 e. The number of aromatic nitrogens is 2. The zero-order valence-electron chi connectivity index (χ0n) is 20.2. The van der Waals surface area contributed by atoms with Gasteiger partial charge in [0.05, 0.1) is 16.5 Å². The third-order valence-corrected chi connectivity index (χ3v) is 8.26. The number of hydrogen-bond donors (Lipinski definition) is 3. The van der Waals surface area contributed by atoms with Gasteiger partial charge in [0.15, 0.2) is 5.13 Å². The van der Waals surface area contributed by atoms with Crippen molar-refractivity contribution in [3.63, 3.8) is 0 Å². The van der Waals surface area contributed by atoms with Crippen LogP contribution in [0.2, 0.25) is 0 Å². The highest BCUT2D eigenvalue weighted by Gasteiger charge is 2.34. The Morgan fingerprint density at radius 2 is 2.03 bits per heavy atom. The lowest BCUT2D eigenvalue weighted by atomic mass is 9.97. The van der Waals surface area contributed by atoms with Crippen LogP contribution in [0.25, 0.3) is 10.2 Å². The molecule has 2 aromatic heterocycles. The molecular weight excluding hydrogens is 488 g/mol. The monoisotopic (exact) mass is 518 g/mol. The molecule has 0 unspecified atom stereocenters. The van der Waals surface area contributed by atoms with Crippen LogP contribution in [0.5, 0.6) is 0 Å². The summed E-state index contributed by atoms with van der Waals surface area (Å²) in [6.07, 6.45) is 6.92. The molecule has 9 nitrogen and oxygen atoms in total. The summed E-state index contributed by atoms with van der Waals surface area (Å²) in [7, 11) is 0. The number of fused-ring (bicyclic) bond motifs is 1. The third-order valence-electron chi connectivity index (χ3n) is 6.75. The molecule has 2 aliphatic rings. The van der Waals surface area contributed by atoms with Gasteiger partial charge in [-0.3, -0.25) is 9.78 Å². The molecule has 35 heavy (non-hydrogen) atoms. The van der Waals surface area contributed by atoms with E-state index >= 15 is 0 Å². The van der Waals surface area contributed by atoms with E-state index in [-0.39, 0.29) is 23.6 Å². The average Bonchev–Trinajstić information content (AvgIpc) is 3.46. The number of allylic oxidation sites excluding steroid dienone is 1. The first-order valence-corrected chi connectivity index (χ1v) is 13.3. The highest BCUT2D eigenvalue weighted by molar-refractivity contribution is 7.22. The van der Waals surface area contributed by atoms with Crippen molar-refractivity contribution in [1.82, 2.24) is 20.6 Å². The summed E-state index contributed by atoms with van der Waals surface area (Å²) in [5, 5.41) is 17.6. The third kappa shape index (κ3) is 5.49. The van der Waals surface area contributed by atoms with Crippen LogP contribution in [-0.2, 0) is 4.79 Å². The number of hydrogen-bond acceptors (Lipinski definition) is 8. The summed E-state index contributed by atoms with van der Waals surface area (Å²) in [4.78, 5) is 39.8. The molecule has 0 radical (unpaired) electrons. The number of halogens is 1. The maximum absolute atomic E-state index is 13.0. The van der Waals surface area contributed by atoms with Gasteiger partial charge >= 0.3 is 5.97 Å². The number of rotatable bonds is 9. The van der Waals surface area contributed by atoms with Gasteiger partial charge in [0.2, 0.25) is 0 Å². The topological polar surface area (TPSA) is 120 Å².